The molecule has 2 aliphatic heterocycles. The highest BCUT2D eigenvalue weighted by Crippen LogP contribution is 2.35. The predicted octanol–water partition coefficient (Wildman–Crippen LogP) is 4.46. The highest BCUT2D eigenvalue weighted by molar-refractivity contribution is 5.96. The molecule has 2 N–H and O–H groups in total. The lowest BCUT2D eigenvalue weighted by atomic mass is 10.0. The summed E-state index contributed by atoms with van der Waals surface area (Å²) in [5.74, 6) is 1.75. The Balaban J connectivity index is 1.27. The normalized spacial score (nSPS) is 19.4. The lowest BCUT2D eigenvalue weighted by molar-refractivity contribution is 0.0997. The van der Waals surface area contributed by atoms with E-state index >= 15 is 0 Å². The van der Waals surface area contributed by atoms with Gasteiger partial charge in [0.2, 0.25) is 5.88 Å². The SMILES string of the molecule is C=CCN1CC2CN(c3cnc(Oc4ccc(Oc5cccc(F)c5)cc4)c(C(N)=O)c3)CC2C1. The molecule has 2 atom stereocenters. The summed E-state index contributed by atoms with van der Waals surface area (Å²) in [6.07, 6.45) is 3.68. The number of hydrogen-bond donors (Lipinski definition) is 1. The fraction of sp³-hybridized carbons (Fsp3) is 0.259. The number of likely N-dealkylation sites (tertiary alicyclic amines) is 1. The highest BCUT2D eigenvalue weighted by atomic mass is 19.1. The van der Waals surface area contributed by atoms with E-state index in [-0.39, 0.29) is 17.3 Å². The third kappa shape index (κ3) is 5.12. The van der Waals surface area contributed by atoms with Gasteiger partial charge in [-0.05, 0) is 54.3 Å². The van der Waals surface area contributed by atoms with Crippen molar-refractivity contribution in [2.75, 3.05) is 37.6 Å². The number of rotatable bonds is 8. The molecule has 7 nitrogen and oxygen atoms in total. The van der Waals surface area contributed by atoms with E-state index in [4.69, 9.17) is 15.2 Å². The quantitative estimate of drug-likeness (QED) is 0.486. The van der Waals surface area contributed by atoms with E-state index in [2.05, 4.69) is 21.4 Å². The molecule has 1 amide bonds. The Morgan fingerprint density at radius 3 is 2.34 bits per heavy atom. The molecule has 2 fully saturated rings. The number of pyridine rings is 1. The van der Waals surface area contributed by atoms with Gasteiger partial charge in [-0.15, -0.1) is 6.58 Å². The van der Waals surface area contributed by atoms with Crippen LogP contribution in [0.5, 0.6) is 23.1 Å². The number of primary amides is 1. The number of aromatic nitrogens is 1. The van der Waals surface area contributed by atoms with Crippen molar-refractivity contribution >= 4 is 11.6 Å². The molecule has 2 aliphatic rings. The summed E-state index contributed by atoms with van der Waals surface area (Å²) in [5.41, 5.74) is 6.76. The number of carbonyl (C=O) groups is 1. The average molecular weight is 475 g/mol. The zero-order valence-electron chi connectivity index (χ0n) is 19.3. The van der Waals surface area contributed by atoms with Crippen LogP contribution in [0.4, 0.5) is 10.1 Å². The van der Waals surface area contributed by atoms with Crippen LogP contribution in [0.3, 0.4) is 0 Å². The van der Waals surface area contributed by atoms with E-state index in [9.17, 15) is 9.18 Å². The van der Waals surface area contributed by atoms with Crippen molar-refractivity contribution in [3.63, 3.8) is 0 Å². The molecule has 3 heterocycles. The van der Waals surface area contributed by atoms with Crippen LogP contribution in [-0.2, 0) is 0 Å². The zero-order valence-corrected chi connectivity index (χ0v) is 19.3. The van der Waals surface area contributed by atoms with Crippen LogP contribution >= 0.6 is 0 Å². The molecule has 8 heteroatoms. The van der Waals surface area contributed by atoms with E-state index in [1.165, 1.54) is 12.1 Å². The zero-order chi connectivity index (χ0) is 24.4. The summed E-state index contributed by atoms with van der Waals surface area (Å²) in [6.45, 7) is 8.72. The maximum absolute atomic E-state index is 13.4. The highest BCUT2D eigenvalue weighted by Gasteiger charge is 2.39. The van der Waals surface area contributed by atoms with Crippen molar-refractivity contribution < 1.29 is 18.7 Å². The Morgan fingerprint density at radius 1 is 1.03 bits per heavy atom. The number of carbonyl (C=O) groups excluding carboxylic acids is 1. The van der Waals surface area contributed by atoms with E-state index in [1.54, 1.807) is 48.7 Å². The van der Waals surface area contributed by atoms with Gasteiger partial charge in [-0.1, -0.05) is 12.1 Å². The summed E-state index contributed by atoms with van der Waals surface area (Å²) in [6, 6.07) is 14.4. The molecular weight excluding hydrogens is 447 g/mol. The first kappa shape index (κ1) is 22.9. The van der Waals surface area contributed by atoms with Gasteiger partial charge in [0.05, 0.1) is 11.9 Å². The minimum Gasteiger partial charge on any atom is -0.457 e. The number of fused-ring (bicyclic) bond motifs is 1. The van der Waals surface area contributed by atoms with Gasteiger partial charge in [-0.3, -0.25) is 9.69 Å². The molecule has 0 radical (unpaired) electrons. The standard InChI is InChI=1S/C27H27FN4O3/c1-2-10-31-14-18-16-32(17-19(18)15-31)21-12-25(26(29)33)27(30-13-21)35-23-8-6-22(7-9-23)34-24-5-3-4-20(28)11-24/h2-9,11-13,18-19H,1,10,14-17H2,(H2,29,33). The molecule has 2 saturated heterocycles. The summed E-state index contributed by atoms with van der Waals surface area (Å²) in [4.78, 5) is 21.3. The van der Waals surface area contributed by atoms with Crippen LogP contribution < -0.4 is 20.1 Å². The number of ether oxygens (including phenoxy) is 2. The van der Waals surface area contributed by atoms with Crippen LogP contribution in [0.2, 0.25) is 0 Å². The molecule has 3 aromatic rings. The van der Waals surface area contributed by atoms with Gasteiger partial charge >= 0.3 is 0 Å². The van der Waals surface area contributed by atoms with Crippen LogP contribution in [-0.4, -0.2) is 48.5 Å². The minimum atomic E-state index is -0.600. The van der Waals surface area contributed by atoms with Gasteiger partial charge in [0.1, 0.15) is 28.6 Å². The Morgan fingerprint density at radius 2 is 1.71 bits per heavy atom. The summed E-state index contributed by atoms with van der Waals surface area (Å²) < 4.78 is 24.9. The van der Waals surface area contributed by atoms with Crippen LogP contribution in [0.25, 0.3) is 0 Å². The van der Waals surface area contributed by atoms with Gasteiger partial charge in [0.15, 0.2) is 0 Å². The molecule has 0 bridgehead atoms. The first-order valence-corrected chi connectivity index (χ1v) is 11.6. The molecule has 0 aliphatic carbocycles. The smallest absolute Gasteiger partial charge is 0.254 e. The van der Waals surface area contributed by atoms with Crippen molar-refractivity contribution in [2.24, 2.45) is 17.6 Å². The Labute approximate surface area is 203 Å². The minimum absolute atomic E-state index is 0.150. The first-order valence-electron chi connectivity index (χ1n) is 11.6. The maximum Gasteiger partial charge on any atom is 0.254 e. The molecule has 0 saturated carbocycles. The summed E-state index contributed by atoms with van der Waals surface area (Å²) >= 11 is 0. The second-order valence-electron chi connectivity index (χ2n) is 8.98. The van der Waals surface area contributed by atoms with Crippen molar-refractivity contribution in [3.05, 3.63) is 84.8 Å². The number of amides is 1. The lowest BCUT2D eigenvalue weighted by Crippen LogP contribution is -2.29. The third-order valence-electron chi connectivity index (χ3n) is 6.49. The lowest BCUT2D eigenvalue weighted by Gasteiger charge is -2.23. The largest absolute Gasteiger partial charge is 0.457 e. The first-order chi connectivity index (χ1) is 17.0. The fourth-order valence-electron chi connectivity index (χ4n) is 4.86. The number of halogens is 1. The monoisotopic (exact) mass is 474 g/mol. The van der Waals surface area contributed by atoms with Gasteiger partial charge in [-0.2, -0.15) is 0 Å². The van der Waals surface area contributed by atoms with Gasteiger partial charge in [0.25, 0.3) is 5.91 Å². The number of hydrogen-bond acceptors (Lipinski definition) is 6. The summed E-state index contributed by atoms with van der Waals surface area (Å²) in [7, 11) is 0. The second-order valence-corrected chi connectivity index (χ2v) is 8.98. The third-order valence-corrected chi connectivity index (χ3v) is 6.49. The van der Waals surface area contributed by atoms with Crippen molar-refractivity contribution in [2.45, 2.75) is 0 Å². The molecule has 2 aromatic carbocycles. The van der Waals surface area contributed by atoms with Crippen LogP contribution in [0, 0.1) is 17.7 Å². The van der Waals surface area contributed by atoms with Crippen molar-refractivity contribution in [3.8, 4) is 23.1 Å². The number of benzene rings is 2. The topological polar surface area (TPSA) is 80.9 Å². The average Bonchev–Trinajstić information content (AvgIpc) is 3.40. The van der Waals surface area contributed by atoms with Crippen molar-refractivity contribution in [1.82, 2.24) is 9.88 Å². The number of nitrogens with zero attached hydrogens (tertiary/aromatic N) is 3. The number of anilines is 1. The van der Waals surface area contributed by atoms with Gasteiger partial charge < -0.3 is 20.1 Å². The van der Waals surface area contributed by atoms with Gasteiger partial charge in [0, 0.05) is 38.8 Å². The predicted molar refractivity (Wildman–Crippen MR) is 132 cm³/mol. The molecule has 0 spiro atoms. The van der Waals surface area contributed by atoms with Crippen molar-refractivity contribution in [1.29, 1.82) is 0 Å². The van der Waals surface area contributed by atoms with Crippen LogP contribution in [0.1, 0.15) is 10.4 Å². The molecule has 2 unspecified atom stereocenters. The summed E-state index contributed by atoms with van der Waals surface area (Å²) in [5, 5.41) is 0. The Hall–Kier alpha value is -3.91. The maximum atomic E-state index is 13.4. The molecular formula is C27H27FN4O3. The molecule has 5 rings (SSSR count). The fourth-order valence-corrected chi connectivity index (χ4v) is 4.86. The van der Waals surface area contributed by atoms with E-state index in [1.807, 2.05) is 6.08 Å². The van der Waals surface area contributed by atoms with E-state index in [0.29, 0.717) is 29.1 Å². The Bertz CT molecular complexity index is 1220. The second kappa shape index (κ2) is 9.76. The van der Waals surface area contributed by atoms with E-state index in [0.717, 1.165) is 38.4 Å². The van der Waals surface area contributed by atoms with Gasteiger partial charge in [-0.25, -0.2) is 9.37 Å². The number of nitrogens with two attached hydrogens (primary N) is 1. The molecule has 180 valence electrons. The molecule has 1 aromatic heterocycles. The van der Waals surface area contributed by atoms with E-state index < -0.39 is 5.91 Å². The Kier molecular flexibility index (Phi) is 6.37. The van der Waals surface area contributed by atoms with Crippen LogP contribution in [0.15, 0.2) is 73.4 Å². The molecule has 35 heavy (non-hydrogen) atoms.